The second-order valence-electron chi connectivity index (χ2n) is 11.3. The molecule has 29 heavy (non-hydrogen) atoms. The summed E-state index contributed by atoms with van der Waals surface area (Å²) >= 11 is 0. The first-order valence-electron chi connectivity index (χ1n) is 11.4. The Hall–Kier alpha value is -0.910. The molecule has 1 N–H and O–H groups in total. The third kappa shape index (κ3) is 3.47. The minimum absolute atomic E-state index is 0.0249. The molecule has 0 aromatic rings. The van der Waals surface area contributed by atoms with E-state index in [2.05, 4.69) is 40.7 Å². The number of aliphatic carboxylic acids is 1. The molecule has 8 atom stereocenters. The Morgan fingerprint density at radius 1 is 1.21 bits per heavy atom. The monoisotopic (exact) mass is 406 g/mol. The van der Waals surface area contributed by atoms with Gasteiger partial charge >= 0.3 is 5.97 Å². The van der Waals surface area contributed by atoms with E-state index >= 15 is 0 Å². The van der Waals surface area contributed by atoms with E-state index in [9.17, 15) is 9.90 Å². The Morgan fingerprint density at radius 2 is 1.93 bits per heavy atom. The molecule has 4 rings (SSSR count). The summed E-state index contributed by atoms with van der Waals surface area (Å²) in [5, 5.41) is 9.26. The molecule has 2 aliphatic heterocycles. The van der Waals surface area contributed by atoms with Gasteiger partial charge in [0.2, 0.25) is 0 Å². The van der Waals surface area contributed by atoms with Crippen molar-refractivity contribution in [1.29, 1.82) is 0 Å². The lowest BCUT2D eigenvalue weighted by atomic mass is 9.51. The van der Waals surface area contributed by atoms with E-state index in [-0.39, 0.29) is 17.1 Å². The number of hydrogen-bond acceptors (Lipinski definition) is 4. The Bertz CT molecular complexity index is 689. The summed E-state index contributed by atoms with van der Waals surface area (Å²) in [4.78, 5) is 22.8. The van der Waals surface area contributed by atoms with E-state index in [1.807, 2.05) is 0 Å². The van der Waals surface area contributed by atoms with Gasteiger partial charge in [-0.25, -0.2) is 9.78 Å². The van der Waals surface area contributed by atoms with Crippen molar-refractivity contribution in [3.05, 3.63) is 11.6 Å². The van der Waals surface area contributed by atoms with Crippen molar-refractivity contribution in [1.82, 2.24) is 0 Å². The maximum atomic E-state index is 11.3. The van der Waals surface area contributed by atoms with E-state index in [1.54, 1.807) is 6.92 Å². The molecule has 164 valence electrons. The number of fused-ring (bicyclic) bond motifs is 2. The van der Waals surface area contributed by atoms with Crippen molar-refractivity contribution in [3.8, 4) is 0 Å². The summed E-state index contributed by atoms with van der Waals surface area (Å²) in [6.07, 6.45) is 8.09. The molecule has 0 bridgehead atoms. The molecule has 0 amide bonds. The molecule has 5 heteroatoms. The fourth-order valence-corrected chi connectivity index (χ4v) is 6.98. The van der Waals surface area contributed by atoms with Gasteiger partial charge in [-0.1, -0.05) is 25.5 Å². The van der Waals surface area contributed by atoms with E-state index in [4.69, 9.17) is 14.5 Å². The lowest BCUT2D eigenvalue weighted by Gasteiger charge is -2.55. The normalized spacial score (nSPS) is 47.7. The number of hydrogen-bond donors (Lipinski definition) is 1. The van der Waals surface area contributed by atoms with Crippen LogP contribution in [0, 0.1) is 29.1 Å². The van der Waals surface area contributed by atoms with Gasteiger partial charge in [-0.3, -0.25) is 4.79 Å². The molecule has 3 fully saturated rings. The van der Waals surface area contributed by atoms with Crippen LogP contribution in [-0.4, -0.2) is 34.5 Å². The van der Waals surface area contributed by atoms with Gasteiger partial charge in [-0.2, -0.15) is 0 Å². The van der Waals surface area contributed by atoms with Crippen molar-refractivity contribution >= 4 is 5.97 Å². The number of carboxylic acids is 1. The third-order valence-electron chi connectivity index (χ3n) is 8.87. The molecule has 2 heterocycles. The van der Waals surface area contributed by atoms with Crippen molar-refractivity contribution in [2.24, 2.45) is 29.1 Å². The molecule has 2 aliphatic carbocycles. The molecule has 1 saturated carbocycles. The zero-order valence-corrected chi connectivity index (χ0v) is 18.9. The molecule has 4 aliphatic rings. The molecule has 5 nitrogen and oxygen atoms in total. The van der Waals surface area contributed by atoms with Crippen molar-refractivity contribution < 1.29 is 24.4 Å². The second kappa shape index (κ2) is 7.06. The van der Waals surface area contributed by atoms with Crippen LogP contribution in [-0.2, 0) is 19.3 Å². The second-order valence-corrected chi connectivity index (χ2v) is 11.3. The highest BCUT2D eigenvalue weighted by molar-refractivity contribution is 5.70. The summed E-state index contributed by atoms with van der Waals surface area (Å²) < 4.78 is 6.81. The number of allylic oxidation sites excluding steroid dienone is 2. The summed E-state index contributed by atoms with van der Waals surface area (Å²) in [7, 11) is 0. The first kappa shape index (κ1) is 21.3. The predicted octanol–water partition coefficient (Wildman–Crippen LogP) is 5.14. The third-order valence-corrected chi connectivity index (χ3v) is 8.87. The van der Waals surface area contributed by atoms with Crippen molar-refractivity contribution in [2.45, 2.75) is 103 Å². The smallest absolute Gasteiger partial charge is 0.308 e. The van der Waals surface area contributed by atoms with Crippen LogP contribution in [0.25, 0.3) is 0 Å². The maximum Gasteiger partial charge on any atom is 0.308 e. The summed E-state index contributed by atoms with van der Waals surface area (Å²) in [5.41, 5.74) is 1.06. The fraction of sp³-hybridized carbons (Fsp3) is 0.875. The van der Waals surface area contributed by atoms with E-state index in [0.29, 0.717) is 24.2 Å². The Balaban J connectivity index is 1.51. The largest absolute Gasteiger partial charge is 0.481 e. The van der Waals surface area contributed by atoms with Gasteiger partial charge in [0.1, 0.15) is 11.7 Å². The molecular formula is C24H38O5. The van der Waals surface area contributed by atoms with Gasteiger partial charge in [0.15, 0.2) is 0 Å². The van der Waals surface area contributed by atoms with E-state index < -0.39 is 23.6 Å². The predicted molar refractivity (Wildman–Crippen MR) is 110 cm³/mol. The highest BCUT2D eigenvalue weighted by Gasteiger charge is 2.62. The zero-order valence-electron chi connectivity index (χ0n) is 18.9. The molecule has 1 unspecified atom stereocenters. The highest BCUT2D eigenvalue weighted by atomic mass is 17.2. The van der Waals surface area contributed by atoms with E-state index in [1.165, 1.54) is 18.4 Å². The van der Waals surface area contributed by atoms with Gasteiger partial charge in [0.05, 0.1) is 17.6 Å². The lowest BCUT2D eigenvalue weighted by molar-refractivity contribution is -0.425. The van der Waals surface area contributed by atoms with Gasteiger partial charge in [0, 0.05) is 0 Å². The number of carbonyl (C=O) groups is 1. The molecule has 0 aromatic heterocycles. The highest BCUT2D eigenvalue weighted by Crippen LogP contribution is 2.62. The summed E-state index contributed by atoms with van der Waals surface area (Å²) in [6, 6.07) is 0. The Morgan fingerprint density at radius 3 is 2.55 bits per heavy atom. The van der Waals surface area contributed by atoms with Crippen LogP contribution in [0.15, 0.2) is 11.6 Å². The average molecular weight is 407 g/mol. The van der Waals surface area contributed by atoms with Crippen LogP contribution in [0.2, 0.25) is 0 Å². The molecule has 0 aromatic carbocycles. The number of rotatable bonds is 3. The maximum absolute atomic E-state index is 11.3. The average Bonchev–Trinajstić information content (AvgIpc) is 3.00. The first-order valence-corrected chi connectivity index (χ1v) is 11.4. The van der Waals surface area contributed by atoms with Gasteiger partial charge in [-0.05, 0) is 89.4 Å². The van der Waals surface area contributed by atoms with Crippen LogP contribution in [0.4, 0.5) is 0 Å². The topological polar surface area (TPSA) is 65.0 Å². The lowest BCUT2D eigenvalue weighted by Crippen LogP contribution is -2.53. The van der Waals surface area contributed by atoms with Crippen LogP contribution in [0.5, 0.6) is 0 Å². The molecule has 2 saturated heterocycles. The zero-order chi connectivity index (χ0) is 21.2. The molecule has 0 spiro atoms. The quantitative estimate of drug-likeness (QED) is 0.519. The minimum atomic E-state index is -0.842. The van der Waals surface area contributed by atoms with E-state index in [0.717, 1.165) is 19.3 Å². The van der Waals surface area contributed by atoms with Gasteiger partial charge < -0.3 is 9.84 Å². The number of ether oxygens (including phenoxy) is 1. The first-order chi connectivity index (χ1) is 13.5. The van der Waals surface area contributed by atoms with Crippen molar-refractivity contribution in [2.75, 3.05) is 0 Å². The van der Waals surface area contributed by atoms with Crippen molar-refractivity contribution in [3.63, 3.8) is 0 Å². The SMILES string of the molecule is CC1=C[C@H]2C[C@@]3(C)O[C@@H]([C@]4(C)CC[C@H]([C@@H](C)C(=O)O)OO4)CC3C(C)(C)[C@H]2CC1. The van der Waals surface area contributed by atoms with Crippen LogP contribution < -0.4 is 0 Å². The minimum Gasteiger partial charge on any atom is -0.481 e. The Labute approximate surface area is 175 Å². The summed E-state index contributed by atoms with van der Waals surface area (Å²) in [6.45, 7) is 13.2. The molecule has 0 radical (unpaired) electrons. The fourth-order valence-electron chi connectivity index (χ4n) is 6.98. The standard InChI is InChI=1S/C24H38O5/c1-14-7-8-17-16(11-14)13-24(6)19(22(17,3)4)12-20(27-24)23(5)10-9-18(28-29-23)15(2)21(25)26/h11,15-20H,7-10,12-13H2,1-6H3,(H,25,26)/t15-,16+,17+,18-,19?,20-,23+,24-/m1/s1. The van der Waals surface area contributed by atoms with Crippen LogP contribution in [0.3, 0.4) is 0 Å². The van der Waals surface area contributed by atoms with Gasteiger partial charge in [-0.15, -0.1) is 0 Å². The number of carboxylic acid groups (broad SMARTS) is 1. The Kier molecular flexibility index (Phi) is 5.20. The summed E-state index contributed by atoms with van der Waals surface area (Å²) in [5.74, 6) is 0.385. The van der Waals surface area contributed by atoms with Crippen LogP contribution >= 0.6 is 0 Å². The van der Waals surface area contributed by atoms with Gasteiger partial charge in [0.25, 0.3) is 0 Å². The molecular weight excluding hydrogens is 368 g/mol. The van der Waals surface area contributed by atoms with Crippen LogP contribution in [0.1, 0.15) is 80.1 Å².